The lowest BCUT2D eigenvalue weighted by Crippen LogP contribution is -2.45. The summed E-state index contributed by atoms with van der Waals surface area (Å²) in [6, 6.07) is 19.5. The van der Waals surface area contributed by atoms with Crippen LogP contribution < -0.4 is 15.4 Å². The van der Waals surface area contributed by atoms with Gasteiger partial charge in [-0.05, 0) is 66.2 Å². The second-order valence-electron chi connectivity index (χ2n) is 8.30. The molecule has 2 amide bonds. The average Bonchev–Trinajstić information content (AvgIpc) is 3.08. The van der Waals surface area contributed by atoms with Gasteiger partial charge in [-0.3, -0.25) is 14.5 Å². The fourth-order valence-electron chi connectivity index (χ4n) is 4.26. The Kier molecular flexibility index (Phi) is 7.70. The number of hydrogen-bond donors (Lipinski definition) is 1. The summed E-state index contributed by atoms with van der Waals surface area (Å²) in [4.78, 5) is 29.4. The highest BCUT2D eigenvalue weighted by atomic mass is 35.5. The zero-order valence-corrected chi connectivity index (χ0v) is 20.8. The summed E-state index contributed by atoms with van der Waals surface area (Å²) in [6.07, 6.45) is -4.39. The van der Waals surface area contributed by atoms with Crippen LogP contribution >= 0.6 is 23.8 Å². The summed E-state index contributed by atoms with van der Waals surface area (Å²) in [5.41, 5.74) is 7.47. The minimum atomic E-state index is -4.87. The lowest BCUT2D eigenvalue weighted by atomic mass is 9.89. The van der Waals surface area contributed by atoms with Crippen LogP contribution in [0.15, 0.2) is 78.9 Å². The molecule has 1 heterocycles. The van der Waals surface area contributed by atoms with E-state index in [-0.39, 0.29) is 17.2 Å². The van der Waals surface area contributed by atoms with Crippen LogP contribution in [0.2, 0.25) is 5.02 Å². The number of para-hydroxylation sites is 1. The molecule has 1 fully saturated rings. The Morgan fingerprint density at radius 2 is 1.65 bits per heavy atom. The van der Waals surface area contributed by atoms with Crippen LogP contribution in [0.4, 0.5) is 18.9 Å². The molecule has 0 radical (unpaired) electrons. The molecule has 0 aliphatic carbocycles. The first-order chi connectivity index (χ1) is 17.5. The Morgan fingerprint density at radius 1 is 1.03 bits per heavy atom. The minimum absolute atomic E-state index is 0.193. The van der Waals surface area contributed by atoms with Crippen molar-refractivity contribution in [3.05, 3.63) is 95.0 Å². The smallest absolute Gasteiger partial charge is 0.406 e. The highest BCUT2D eigenvalue weighted by Crippen LogP contribution is 2.35. The van der Waals surface area contributed by atoms with E-state index in [9.17, 15) is 22.8 Å². The molecule has 4 rings (SSSR count). The van der Waals surface area contributed by atoms with Gasteiger partial charge in [-0.25, -0.2) is 0 Å². The number of thiocarbonyl (C=S) groups is 1. The highest BCUT2D eigenvalue weighted by Gasteiger charge is 2.49. The molecule has 2 unspecified atom stereocenters. The number of anilines is 1. The number of nitrogens with zero attached hydrogens (tertiary/aromatic N) is 2. The molecule has 1 aliphatic rings. The molecule has 1 saturated heterocycles. The third-order valence-electron chi connectivity index (χ3n) is 5.91. The SMILES string of the molecule is NC(=O)C(c1ccc(OC(F)(F)F)cc1)C1C(=O)N(c2ccccc2)C(=S)N1CCc1ccc(Cl)cc1. The largest absolute Gasteiger partial charge is 0.573 e. The Morgan fingerprint density at radius 3 is 2.22 bits per heavy atom. The molecule has 192 valence electrons. The molecule has 0 spiro atoms. The van der Waals surface area contributed by atoms with Crippen molar-refractivity contribution in [2.24, 2.45) is 5.73 Å². The third-order valence-corrected chi connectivity index (χ3v) is 6.58. The van der Waals surface area contributed by atoms with E-state index in [4.69, 9.17) is 29.6 Å². The van der Waals surface area contributed by atoms with Gasteiger partial charge in [-0.1, -0.05) is 54.1 Å². The van der Waals surface area contributed by atoms with Crippen LogP contribution in [0.25, 0.3) is 0 Å². The van der Waals surface area contributed by atoms with Gasteiger partial charge < -0.3 is 15.4 Å². The van der Waals surface area contributed by atoms with E-state index in [1.807, 2.05) is 12.1 Å². The van der Waals surface area contributed by atoms with Gasteiger partial charge in [0.25, 0.3) is 5.91 Å². The fraction of sp³-hybridized carbons (Fsp3) is 0.192. The number of alkyl halides is 3. The maximum atomic E-state index is 13.8. The van der Waals surface area contributed by atoms with E-state index in [1.165, 1.54) is 17.0 Å². The van der Waals surface area contributed by atoms with E-state index >= 15 is 0 Å². The Hall–Kier alpha value is -3.63. The number of benzene rings is 3. The van der Waals surface area contributed by atoms with Gasteiger partial charge in [-0.15, -0.1) is 13.2 Å². The topological polar surface area (TPSA) is 75.9 Å². The molecule has 2 N–H and O–H groups in total. The zero-order valence-electron chi connectivity index (χ0n) is 19.2. The van der Waals surface area contributed by atoms with Crippen molar-refractivity contribution in [3.8, 4) is 5.75 Å². The Labute approximate surface area is 221 Å². The average molecular weight is 548 g/mol. The van der Waals surface area contributed by atoms with Crippen LogP contribution in [0.3, 0.4) is 0 Å². The summed E-state index contributed by atoms with van der Waals surface area (Å²) in [6.45, 7) is 0.277. The van der Waals surface area contributed by atoms with Gasteiger partial charge >= 0.3 is 6.36 Å². The van der Waals surface area contributed by atoms with Crippen molar-refractivity contribution in [2.45, 2.75) is 24.7 Å². The van der Waals surface area contributed by atoms with E-state index in [0.29, 0.717) is 17.1 Å². The number of carbonyl (C=O) groups is 2. The van der Waals surface area contributed by atoms with Crippen LogP contribution in [0.1, 0.15) is 17.0 Å². The van der Waals surface area contributed by atoms with Crippen LogP contribution in [0, 0.1) is 0 Å². The van der Waals surface area contributed by atoms with Gasteiger partial charge in [-0.2, -0.15) is 0 Å². The molecule has 1 aliphatic heterocycles. The number of primary amides is 1. The maximum absolute atomic E-state index is 13.8. The number of rotatable bonds is 8. The number of halogens is 4. The standard InChI is InChI=1S/C26H21ClF3N3O3S/c27-18-10-6-16(7-11-18)14-15-32-22(24(35)33(25(32)37)19-4-2-1-3-5-19)21(23(31)34)17-8-12-20(13-9-17)36-26(28,29)30/h1-13,21-22H,14-15H2,(H2,31,34). The number of ether oxygens (including phenoxy) is 1. The molecule has 6 nitrogen and oxygen atoms in total. The monoisotopic (exact) mass is 547 g/mol. The van der Waals surface area contributed by atoms with Crippen molar-refractivity contribution in [2.75, 3.05) is 11.4 Å². The number of amides is 2. The van der Waals surface area contributed by atoms with Crippen LogP contribution in [-0.4, -0.2) is 40.8 Å². The predicted octanol–water partition coefficient (Wildman–Crippen LogP) is 5.05. The molecule has 0 aromatic heterocycles. The number of nitrogens with two attached hydrogens (primary N) is 1. The van der Waals surface area contributed by atoms with Gasteiger partial charge in [0.15, 0.2) is 5.11 Å². The highest BCUT2D eigenvalue weighted by molar-refractivity contribution is 7.80. The molecule has 3 aromatic rings. The third kappa shape index (κ3) is 6.03. The van der Waals surface area contributed by atoms with E-state index in [1.54, 1.807) is 47.4 Å². The molecule has 0 saturated carbocycles. The van der Waals surface area contributed by atoms with Gasteiger partial charge in [0, 0.05) is 11.6 Å². The summed E-state index contributed by atoms with van der Waals surface area (Å²) >= 11 is 11.7. The molecular formula is C26H21ClF3N3O3S. The molecule has 3 aromatic carbocycles. The van der Waals surface area contributed by atoms with Crippen LogP contribution in [-0.2, 0) is 16.0 Å². The van der Waals surface area contributed by atoms with Crippen molar-refractivity contribution < 1.29 is 27.5 Å². The van der Waals surface area contributed by atoms with Gasteiger partial charge in [0.1, 0.15) is 11.8 Å². The molecule has 11 heteroatoms. The fourth-order valence-corrected chi connectivity index (χ4v) is 4.79. The Balaban J connectivity index is 1.70. The van der Waals surface area contributed by atoms with Crippen molar-refractivity contribution >= 4 is 46.4 Å². The second kappa shape index (κ2) is 10.8. The first kappa shape index (κ1) is 26.4. The van der Waals surface area contributed by atoms with E-state index in [0.717, 1.165) is 17.7 Å². The van der Waals surface area contributed by atoms with Gasteiger partial charge in [0.2, 0.25) is 5.91 Å². The Bertz CT molecular complexity index is 1290. The molecule has 2 atom stereocenters. The van der Waals surface area contributed by atoms with Crippen LogP contribution in [0.5, 0.6) is 5.75 Å². The molecule has 37 heavy (non-hydrogen) atoms. The van der Waals surface area contributed by atoms with E-state index < -0.39 is 35.9 Å². The first-order valence-corrected chi connectivity index (χ1v) is 11.9. The van der Waals surface area contributed by atoms with Crippen molar-refractivity contribution in [3.63, 3.8) is 0 Å². The zero-order chi connectivity index (χ0) is 26.7. The van der Waals surface area contributed by atoms with Crippen molar-refractivity contribution in [1.82, 2.24) is 4.90 Å². The molecular weight excluding hydrogens is 527 g/mol. The lowest BCUT2D eigenvalue weighted by Gasteiger charge is -2.29. The van der Waals surface area contributed by atoms with Crippen molar-refractivity contribution in [1.29, 1.82) is 0 Å². The summed E-state index contributed by atoms with van der Waals surface area (Å²) < 4.78 is 41.7. The summed E-state index contributed by atoms with van der Waals surface area (Å²) in [5, 5.41) is 0.772. The maximum Gasteiger partial charge on any atom is 0.573 e. The quantitative estimate of drug-likeness (QED) is 0.399. The minimum Gasteiger partial charge on any atom is -0.406 e. The summed E-state index contributed by atoms with van der Waals surface area (Å²) in [5.74, 6) is -2.94. The summed E-state index contributed by atoms with van der Waals surface area (Å²) in [7, 11) is 0. The lowest BCUT2D eigenvalue weighted by molar-refractivity contribution is -0.274. The number of carbonyl (C=O) groups excluding carboxylic acids is 2. The molecule has 0 bridgehead atoms. The first-order valence-electron chi connectivity index (χ1n) is 11.1. The predicted molar refractivity (Wildman–Crippen MR) is 137 cm³/mol. The number of hydrogen-bond acceptors (Lipinski definition) is 4. The normalized spacial score (nSPS) is 16.7. The van der Waals surface area contributed by atoms with E-state index in [2.05, 4.69) is 4.74 Å². The second-order valence-corrected chi connectivity index (χ2v) is 9.10. The van der Waals surface area contributed by atoms with Gasteiger partial charge in [0.05, 0.1) is 11.6 Å².